The molecule has 3 rings (SSSR count). The van der Waals surface area contributed by atoms with Gasteiger partial charge in [-0.15, -0.1) is 11.3 Å². The third kappa shape index (κ3) is 3.75. The van der Waals surface area contributed by atoms with Crippen molar-refractivity contribution >= 4 is 27.1 Å². The molecule has 0 unspecified atom stereocenters. The molecule has 0 atom stereocenters. The second kappa shape index (κ2) is 7.23. The molecule has 2 aromatic rings. The van der Waals surface area contributed by atoms with Crippen LogP contribution in [-0.2, 0) is 20.1 Å². The number of aromatic nitrogens is 1. The maximum atomic E-state index is 12.5. The zero-order valence-electron chi connectivity index (χ0n) is 13.9. The van der Waals surface area contributed by atoms with Crippen LogP contribution in [0.25, 0.3) is 0 Å². The molecule has 2 heterocycles. The summed E-state index contributed by atoms with van der Waals surface area (Å²) in [5, 5.41) is 3.13. The van der Waals surface area contributed by atoms with Crippen molar-refractivity contribution in [3.63, 3.8) is 0 Å². The number of carbonyl (C=O) groups excluding carboxylic acids is 1. The highest BCUT2D eigenvalue weighted by Gasteiger charge is 2.36. The van der Waals surface area contributed by atoms with Crippen LogP contribution in [0.5, 0.6) is 0 Å². The van der Waals surface area contributed by atoms with E-state index in [1.165, 1.54) is 11.3 Å². The van der Waals surface area contributed by atoms with Crippen LogP contribution in [-0.4, -0.2) is 38.3 Å². The van der Waals surface area contributed by atoms with Crippen molar-refractivity contribution in [3.8, 4) is 0 Å². The van der Waals surface area contributed by atoms with Crippen molar-refractivity contribution in [1.82, 2.24) is 10.3 Å². The SMILES string of the molecule is CCS(=O)(=O)c1ccc(C2(NC(=O)c3cncs3)CCOCC2)cc1. The zero-order valence-corrected chi connectivity index (χ0v) is 15.5. The highest BCUT2D eigenvalue weighted by molar-refractivity contribution is 7.91. The van der Waals surface area contributed by atoms with Crippen molar-refractivity contribution in [2.45, 2.75) is 30.2 Å². The predicted octanol–water partition coefficient (Wildman–Crippen LogP) is 2.37. The number of ether oxygens (including phenoxy) is 1. The molecule has 0 saturated carbocycles. The Balaban J connectivity index is 1.91. The monoisotopic (exact) mass is 380 g/mol. The van der Waals surface area contributed by atoms with E-state index in [9.17, 15) is 13.2 Å². The van der Waals surface area contributed by atoms with Crippen LogP contribution in [0.3, 0.4) is 0 Å². The molecule has 0 bridgehead atoms. The largest absolute Gasteiger partial charge is 0.381 e. The fraction of sp³-hybridized carbons (Fsp3) is 0.412. The van der Waals surface area contributed by atoms with Gasteiger partial charge in [0.05, 0.1) is 27.9 Å². The summed E-state index contributed by atoms with van der Waals surface area (Å²) in [5.41, 5.74) is 1.95. The molecule has 1 aromatic heterocycles. The molecule has 1 aliphatic heterocycles. The van der Waals surface area contributed by atoms with Gasteiger partial charge in [-0.25, -0.2) is 8.42 Å². The Hall–Kier alpha value is -1.77. The van der Waals surface area contributed by atoms with Crippen LogP contribution in [0.1, 0.15) is 35.0 Å². The first-order chi connectivity index (χ1) is 12.0. The van der Waals surface area contributed by atoms with Gasteiger partial charge < -0.3 is 10.1 Å². The first kappa shape index (κ1) is 18.0. The number of nitrogens with one attached hydrogen (secondary N) is 1. The van der Waals surface area contributed by atoms with E-state index in [1.807, 2.05) is 0 Å². The molecule has 0 aliphatic carbocycles. The van der Waals surface area contributed by atoms with Gasteiger partial charge in [-0.1, -0.05) is 19.1 Å². The molecule has 1 fully saturated rings. The molecular formula is C17H20N2O4S2. The summed E-state index contributed by atoms with van der Waals surface area (Å²) in [4.78, 5) is 17.3. The number of carbonyl (C=O) groups is 1. The molecular weight excluding hydrogens is 360 g/mol. The normalized spacial score (nSPS) is 17.2. The number of thiazole rings is 1. The molecule has 1 aliphatic rings. The summed E-state index contributed by atoms with van der Waals surface area (Å²) < 4.78 is 29.5. The molecule has 6 nitrogen and oxygen atoms in total. The number of sulfone groups is 1. The van der Waals surface area contributed by atoms with E-state index in [0.717, 1.165) is 5.56 Å². The third-order valence-corrected chi connectivity index (χ3v) is 7.02. The number of hydrogen-bond acceptors (Lipinski definition) is 6. The average molecular weight is 380 g/mol. The van der Waals surface area contributed by atoms with Crippen LogP contribution >= 0.6 is 11.3 Å². The van der Waals surface area contributed by atoms with E-state index in [2.05, 4.69) is 10.3 Å². The highest BCUT2D eigenvalue weighted by Crippen LogP contribution is 2.33. The lowest BCUT2D eigenvalue weighted by atomic mass is 9.82. The maximum absolute atomic E-state index is 12.5. The summed E-state index contributed by atoms with van der Waals surface area (Å²) in [5.74, 6) is -0.109. The first-order valence-electron chi connectivity index (χ1n) is 8.09. The lowest BCUT2D eigenvalue weighted by Gasteiger charge is -2.38. The number of nitrogens with zero attached hydrogens (tertiary/aromatic N) is 1. The van der Waals surface area contributed by atoms with Crippen LogP contribution in [0.4, 0.5) is 0 Å². The van der Waals surface area contributed by atoms with E-state index in [4.69, 9.17) is 4.74 Å². The fourth-order valence-electron chi connectivity index (χ4n) is 2.96. The van der Waals surface area contributed by atoms with E-state index in [1.54, 1.807) is 42.9 Å². The van der Waals surface area contributed by atoms with Gasteiger partial charge in [-0.05, 0) is 30.5 Å². The number of hydrogen-bond donors (Lipinski definition) is 1. The van der Waals surface area contributed by atoms with Gasteiger partial charge >= 0.3 is 0 Å². The molecule has 25 heavy (non-hydrogen) atoms. The van der Waals surface area contributed by atoms with Gasteiger partial charge in [0.15, 0.2) is 9.84 Å². The Morgan fingerprint density at radius 2 is 1.96 bits per heavy atom. The van der Waals surface area contributed by atoms with Gasteiger partial charge in [0, 0.05) is 13.2 Å². The minimum absolute atomic E-state index is 0.0629. The molecule has 0 radical (unpaired) electrons. The van der Waals surface area contributed by atoms with Crippen molar-refractivity contribution in [2.75, 3.05) is 19.0 Å². The van der Waals surface area contributed by atoms with Gasteiger partial charge in [0.1, 0.15) is 4.88 Å². The second-order valence-corrected chi connectivity index (χ2v) is 9.11. The van der Waals surface area contributed by atoms with E-state index >= 15 is 0 Å². The number of rotatable bonds is 5. The maximum Gasteiger partial charge on any atom is 0.263 e. The fourth-order valence-corrected chi connectivity index (χ4v) is 4.36. The second-order valence-electron chi connectivity index (χ2n) is 5.94. The topological polar surface area (TPSA) is 85.4 Å². The van der Waals surface area contributed by atoms with Crippen LogP contribution in [0.2, 0.25) is 0 Å². The molecule has 1 aromatic carbocycles. The molecule has 8 heteroatoms. The number of amides is 1. The van der Waals surface area contributed by atoms with E-state index in [-0.39, 0.29) is 11.7 Å². The molecule has 134 valence electrons. The molecule has 1 saturated heterocycles. The minimum atomic E-state index is -3.24. The van der Waals surface area contributed by atoms with Crippen molar-refractivity contribution in [3.05, 3.63) is 46.4 Å². The summed E-state index contributed by atoms with van der Waals surface area (Å²) >= 11 is 1.29. The average Bonchev–Trinajstić information content (AvgIpc) is 3.17. The molecule has 0 spiro atoms. The Bertz CT molecular complexity index is 824. The van der Waals surface area contributed by atoms with Crippen LogP contribution in [0, 0.1) is 0 Å². The summed E-state index contributed by atoms with van der Waals surface area (Å²) in [6.07, 6.45) is 2.82. The lowest BCUT2D eigenvalue weighted by Crippen LogP contribution is -2.49. The smallest absolute Gasteiger partial charge is 0.263 e. The molecule has 1 N–H and O–H groups in total. The quantitative estimate of drug-likeness (QED) is 0.861. The summed E-state index contributed by atoms with van der Waals surface area (Å²) in [6, 6.07) is 6.82. The van der Waals surface area contributed by atoms with Gasteiger partial charge in [-0.3, -0.25) is 9.78 Å². The Kier molecular flexibility index (Phi) is 5.21. The Morgan fingerprint density at radius 3 is 2.52 bits per heavy atom. The lowest BCUT2D eigenvalue weighted by molar-refractivity contribution is 0.0346. The zero-order chi connectivity index (χ0) is 17.9. The summed E-state index contributed by atoms with van der Waals surface area (Å²) in [6.45, 7) is 2.70. The standard InChI is InChI=1S/C17H20N2O4S2/c1-2-25(21,22)14-5-3-13(4-6-14)17(7-9-23-10-8-17)19-16(20)15-11-18-12-24-15/h3-6,11-12H,2,7-10H2,1H3,(H,19,20). The van der Waals surface area contributed by atoms with E-state index < -0.39 is 15.4 Å². The Labute approximate surface area is 151 Å². The van der Waals surface area contributed by atoms with Crippen LogP contribution in [0.15, 0.2) is 40.9 Å². The van der Waals surface area contributed by atoms with Gasteiger partial charge in [-0.2, -0.15) is 0 Å². The van der Waals surface area contributed by atoms with Crippen molar-refractivity contribution in [2.24, 2.45) is 0 Å². The Morgan fingerprint density at radius 1 is 1.28 bits per heavy atom. The van der Waals surface area contributed by atoms with Gasteiger partial charge in [0.25, 0.3) is 5.91 Å². The highest BCUT2D eigenvalue weighted by atomic mass is 32.2. The predicted molar refractivity (Wildman–Crippen MR) is 95.5 cm³/mol. The molecule has 1 amide bonds. The summed E-state index contributed by atoms with van der Waals surface area (Å²) in [7, 11) is -3.24. The number of benzene rings is 1. The first-order valence-corrected chi connectivity index (χ1v) is 10.6. The third-order valence-electron chi connectivity index (χ3n) is 4.50. The van der Waals surface area contributed by atoms with Gasteiger partial charge in [0.2, 0.25) is 0 Å². The van der Waals surface area contributed by atoms with Crippen LogP contribution < -0.4 is 5.32 Å². The van der Waals surface area contributed by atoms with E-state index in [0.29, 0.717) is 35.8 Å². The van der Waals surface area contributed by atoms with Crippen molar-refractivity contribution < 1.29 is 17.9 Å². The minimum Gasteiger partial charge on any atom is -0.381 e. The van der Waals surface area contributed by atoms with Crippen molar-refractivity contribution in [1.29, 1.82) is 0 Å².